The number of ether oxygens (including phenoxy) is 3. The fraction of sp³-hybridized carbons (Fsp3) is 0.217. The molecule has 4 rings (SSSR count). The number of ketones is 1. The summed E-state index contributed by atoms with van der Waals surface area (Å²) in [7, 11) is 4.52. The summed E-state index contributed by atoms with van der Waals surface area (Å²) in [5.41, 5.74) is 3.87. The molecule has 0 fully saturated rings. The van der Waals surface area contributed by atoms with Crippen molar-refractivity contribution in [1.82, 2.24) is 19.9 Å². The molecule has 2 aromatic carbocycles. The van der Waals surface area contributed by atoms with E-state index in [1.807, 2.05) is 26.0 Å². The molecule has 0 bridgehead atoms. The maximum Gasteiger partial charge on any atom is 0.203 e. The molecule has 0 aliphatic carbocycles. The number of methoxy groups -OCH3 is 3. The highest BCUT2D eigenvalue weighted by Crippen LogP contribution is 2.39. The highest BCUT2D eigenvalue weighted by molar-refractivity contribution is 6.12. The van der Waals surface area contributed by atoms with E-state index in [2.05, 4.69) is 15.2 Å². The van der Waals surface area contributed by atoms with Crippen LogP contribution in [0.2, 0.25) is 0 Å². The summed E-state index contributed by atoms with van der Waals surface area (Å²) in [4.78, 5) is 17.6. The molecule has 0 amide bonds. The summed E-state index contributed by atoms with van der Waals surface area (Å²) < 4.78 is 23.0. The van der Waals surface area contributed by atoms with E-state index in [-0.39, 0.29) is 5.78 Å². The van der Waals surface area contributed by atoms with Gasteiger partial charge in [-0.2, -0.15) is 5.10 Å². The van der Waals surface area contributed by atoms with Gasteiger partial charge in [0, 0.05) is 16.7 Å². The largest absolute Gasteiger partial charge is 0.493 e. The number of aromatic nitrogens is 4. The first-order chi connectivity index (χ1) is 15.5. The van der Waals surface area contributed by atoms with Crippen molar-refractivity contribution in [1.29, 1.82) is 0 Å². The predicted octanol–water partition coefficient (Wildman–Crippen LogP) is 3.80. The van der Waals surface area contributed by atoms with Gasteiger partial charge >= 0.3 is 0 Å². The van der Waals surface area contributed by atoms with Gasteiger partial charge in [0.1, 0.15) is 18.4 Å². The van der Waals surface area contributed by atoms with Gasteiger partial charge in [0.25, 0.3) is 0 Å². The van der Waals surface area contributed by atoms with Gasteiger partial charge in [-0.1, -0.05) is 11.2 Å². The first-order valence-electron chi connectivity index (χ1n) is 9.75. The molecule has 4 aromatic rings. The molecular weight excluding hydrogens is 412 g/mol. The second-order valence-electron chi connectivity index (χ2n) is 7.01. The van der Waals surface area contributed by atoms with Crippen LogP contribution in [-0.2, 0) is 0 Å². The lowest BCUT2D eigenvalue weighted by atomic mass is 9.96. The van der Waals surface area contributed by atoms with Crippen molar-refractivity contribution in [3.05, 3.63) is 65.6 Å². The third-order valence-corrected chi connectivity index (χ3v) is 5.16. The number of rotatable bonds is 7. The van der Waals surface area contributed by atoms with E-state index in [0.717, 1.165) is 16.8 Å². The van der Waals surface area contributed by atoms with Crippen LogP contribution >= 0.6 is 0 Å². The molecule has 0 radical (unpaired) electrons. The molecule has 2 heterocycles. The van der Waals surface area contributed by atoms with Gasteiger partial charge in [0.2, 0.25) is 5.75 Å². The zero-order valence-electron chi connectivity index (χ0n) is 18.4. The molecule has 0 aliphatic heterocycles. The fourth-order valence-electron chi connectivity index (χ4n) is 3.66. The summed E-state index contributed by atoms with van der Waals surface area (Å²) in [6, 6.07) is 8.72. The number of carbonyl (C=O) groups excluding carboxylic acids is 1. The molecule has 0 unspecified atom stereocenters. The molecule has 0 atom stereocenters. The van der Waals surface area contributed by atoms with Crippen molar-refractivity contribution in [2.24, 2.45) is 0 Å². The molecular formula is C23H22N4O5. The number of hydrogen-bond acceptors (Lipinski definition) is 8. The van der Waals surface area contributed by atoms with Gasteiger partial charge in [-0.05, 0) is 43.7 Å². The Morgan fingerprint density at radius 2 is 1.72 bits per heavy atom. The van der Waals surface area contributed by atoms with Gasteiger partial charge in [-0.15, -0.1) is 0 Å². The van der Waals surface area contributed by atoms with Gasteiger partial charge in [-0.3, -0.25) is 4.79 Å². The average molecular weight is 434 g/mol. The van der Waals surface area contributed by atoms with Crippen LogP contribution in [0.25, 0.3) is 16.8 Å². The molecule has 9 nitrogen and oxygen atoms in total. The van der Waals surface area contributed by atoms with Crippen LogP contribution in [0.5, 0.6) is 17.2 Å². The van der Waals surface area contributed by atoms with E-state index in [0.29, 0.717) is 39.8 Å². The van der Waals surface area contributed by atoms with Crippen LogP contribution in [-0.4, -0.2) is 47.0 Å². The lowest BCUT2D eigenvalue weighted by molar-refractivity contribution is 0.103. The average Bonchev–Trinajstić information content (AvgIpc) is 3.47. The summed E-state index contributed by atoms with van der Waals surface area (Å²) in [5, 5.41) is 8.26. The Morgan fingerprint density at radius 1 is 1.00 bits per heavy atom. The van der Waals surface area contributed by atoms with E-state index in [9.17, 15) is 4.79 Å². The zero-order chi connectivity index (χ0) is 22.8. The monoisotopic (exact) mass is 434 g/mol. The standard InChI is InChI=1S/C23H22N4O5/c1-13-21(14(2)32-26-13)15-6-7-17(18(8-15)27-12-24-11-25-27)22(28)16-9-19(29-3)23(31-5)20(10-16)30-4/h6-12H,1-5H3. The molecule has 0 saturated heterocycles. The first-order valence-corrected chi connectivity index (χ1v) is 9.75. The number of nitrogens with zero attached hydrogens (tertiary/aromatic N) is 4. The minimum atomic E-state index is -0.236. The van der Waals surface area contributed by atoms with E-state index in [1.165, 1.54) is 27.7 Å². The third kappa shape index (κ3) is 3.58. The minimum absolute atomic E-state index is 0.236. The van der Waals surface area contributed by atoms with Crippen LogP contribution in [0.3, 0.4) is 0 Å². The topological polar surface area (TPSA) is 102 Å². The van der Waals surface area contributed by atoms with Crippen molar-refractivity contribution in [2.45, 2.75) is 13.8 Å². The summed E-state index contributed by atoms with van der Waals surface area (Å²) >= 11 is 0. The van der Waals surface area contributed by atoms with E-state index < -0.39 is 0 Å². The number of aryl methyl sites for hydroxylation is 2. The number of hydrogen-bond donors (Lipinski definition) is 0. The van der Waals surface area contributed by atoms with E-state index in [4.69, 9.17) is 18.7 Å². The Labute approximate surface area is 184 Å². The maximum absolute atomic E-state index is 13.6. The number of benzene rings is 2. The fourth-order valence-corrected chi connectivity index (χ4v) is 3.66. The van der Waals surface area contributed by atoms with Crippen LogP contribution in [0.4, 0.5) is 0 Å². The van der Waals surface area contributed by atoms with Gasteiger partial charge in [0.05, 0.1) is 32.7 Å². The quantitative estimate of drug-likeness (QED) is 0.405. The number of carbonyl (C=O) groups is 1. The zero-order valence-corrected chi connectivity index (χ0v) is 18.4. The summed E-state index contributed by atoms with van der Waals surface area (Å²) in [5.74, 6) is 1.65. The first kappa shape index (κ1) is 21.1. The minimum Gasteiger partial charge on any atom is -0.493 e. The van der Waals surface area contributed by atoms with Gasteiger partial charge in [-0.25, -0.2) is 9.67 Å². The molecule has 9 heteroatoms. The van der Waals surface area contributed by atoms with Crippen molar-refractivity contribution >= 4 is 5.78 Å². The lowest BCUT2D eigenvalue weighted by Crippen LogP contribution is -2.09. The molecule has 164 valence electrons. The predicted molar refractivity (Wildman–Crippen MR) is 116 cm³/mol. The summed E-state index contributed by atoms with van der Waals surface area (Å²) in [6.07, 6.45) is 2.95. The van der Waals surface area contributed by atoms with Crippen molar-refractivity contribution in [2.75, 3.05) is 21.3 Å². The second kappa shape index (κ2) is 8.54. The Kier molecular flexibility index (Phi) is 5.63. The van der Waals surface area contributed by atoms with Crippen molar-refractivity contribution < 1.29 is 23.5 Å². The maximum atomic E-state index is 13.6. The lowest BCUT2D eigenvalue weighted by Gasteiger charge is -2.15. The van der Waals surface area contributed by atoms with Crippen LogP contribution < -0.4 is 14.2 Å². The normalized spacial score (nSPS) is 10.8. The molecule has 0 aliphatic rings. The Bertz CT molecular complexity index is 1230. The second-order valence-corrected chi connectivity index (χ2v) is 7.01. The van der Waals surface area contributed by atoms with Crippen molar-refractivity contribution in [3.63, 3.8) is 0 Å². The van der Waals surface area contributed by atoms with E-state index in [1.54, 1.807) is 29.2 Å². The van der Waals surface area contributed by atoms with Crippen LogP contribution in [0.1, 0.15) is 27.4 Å². The molecule has 0 N–H and O–H groups in total. The van der Waals surface area contributed by atoms with Gasteiger partial charge < -0.3 is 18.7 Å². The molecule has 0 spiro atoms. The van der Waals surface area contributed by atoms with Crippen molar-refractivity contribution in [3.8, 4) is 34.1 Å². The summed E-state index contributed by atoms with van der Waals surface area (Å²) in [6.45, 7) is 3.72. The SMILES string of the molecule is COc1cc(C(=O)c2ccc(-c3c(C)noc3C)cc2-n2cncn2)cc(OC)c1OC. The smallest absolute Gasteiger partial charge is 0.203 e. The van der Waals surface area contributed by atoms with Crippen LogP contribution in [0, 0.1) is 13.8 Å². The van der Waals surface area contributed by atoms with Crippen LogP contribution in [0.15, 0.2) is 47.5 Å². The third-order valence-electron chi connectivity index (χ3n) is 5.16. The van der Waals surface area contributed by atoms with E-state index >= 15 is 0 Å². The Balaban J connectivity index is 1.88. The Hall–Kier alpha value is -4.14. The molecule has 2 aromatic heterocycles. The highest BCUT2D eigenvalue weighted by atomic mass is 16.5. The molecule has 32 heavy (non-hydrogen) atoms. The Morgan fingerprint density at radius 3 is 2.25 bits per heavy atom. The highest BCUT2D eigenvalue weighted by Gasteiger charge is 2.22. The van der Waals surface area contributed by atoms with Gasteiger partial charge in [0.15, 0.2) is 17.3 Å². The molecule has 0 saturated carbocycles.